The fourth-order valence-corrected chi connectivity index (χ4v) is 1.93. The van der Waals surface area contributed by atoms with E-state index in [-0.39, 0.29) is 6.10 Å². The molecule has 0 radical (unpaired) electrons. The SMILES string of the molecule is Cc1ccc(NC2CCOC2C)c(N)c1. The molecule has 0 saturated carbocycles. The van der Waals surface area contributed by atoms with Crippen LogP contribution in [0.3, 0.4) is 0 Å². The van der Waals surface area contributed by atoms with E-state index < -0.39 is 0 Å². The van der Waals surface area contributed by atoms with Gasteiger partial charge >= 0.3 is 0 Å². The zero-order chi connectivity index (χ0) is 10.8. The fourth-order valence-electron chi connectivity index (χ4n) is 1.93. The van der Waals surface area contributed by atoms with Crippen molar-refractivity contribution in [2.24, 2.45) is 0 Å². The number of aryl methyl sites for hydroxylation is 1. The van der Waals surface area contributed by atoms with Crippen LogP contribution in [0.2, 0.25) is 0 Å². The average molecular weight is 206 g/mol. The highest BCUT2D eigenvalue weighted by Crippen LogP contribution is 2.24. The van der Waals surface area contributed by atoms with Gasteiger partial charge in [0.1, 0.15) is 0 Å². The molecule has 1 aliphatic rings. The van der Waals surface area contributed by atoms with Crippen molar-refractivity contribution in [2.75, 3.05) is 17.7 Å². The molecule has 15 heavy (non-hydrogen) atoms. The van der Waals surface area contributed by atoms with Crippen molar-refractivity contribution >= 4 is 11.4 Å². The molecule has 0 bridgehead atoms. The smallest absolute Gasteiger partial charge is 0.0748 e. The Morgan fingerprint density at radius 1 is 1.47 bits per heavy atom. The summed E-state index contributed by atoms with van der Waals surface area (Å²) < 4.78 is 5.50. The summed E-state index contributed by atoms with van der Waals surface area (Å²) in [6, 6.07) is 6.48. The van der Waals surface area contributed by atoms with Gasteiger partial charge in [0.15, 0.2) is 0 Å². The molecule has 0 spiro atoms. The van der Waals surface area contributed by atoms with Gasteiger partial charge in [0.05, 0.1) is 23.5 Å². The first kappa shape index (κ1) is 10.3. The van der Waals surface area contributed by atoms with Crippen molar-refractivity contribution in [1.29, 1.82) is 0 Å². The minimum atomic E-state index is 0.269. The van der Waals surface area contributed by atoms with Crippen LogP contribution in [-0.2, 0) is 4.74 Å². The predicted molar refractivity (Wildman–Crippen MR) is 63.0 cm³/mol. The highest BCUT2D eigenvalue weighted by Gasteiger charge is 2.24. The molecule has 82 valence electrons. The molecule has 1 aromatic carbocycles. The molecule has 3 heteroatoms. The molecule has 2 rings (SSSR count). The van der Waals surface area contributed by atoms with Gasteiger partial charge in [0, 0.05) is 6.61 Å². The van der Waals surface area contributed by atoms with E-state index >= 15 is 0 Å². The van der Waals surface area contributed by atoms with Crippen LogP contribution in [0.5, 0.6) is 0 Å². The normalized spacial score (nSPS) is 25.5. The first-order chi connectivity index (χ1) is 7.16. The Morgan fingerprint density at radius 3 is 2.87 bits per heavy atom. The molecule has 1 saturated heterocycles. The molecular formula is C12H18N2O. The Bertz CT molecular complexity index is 351. The minimum Gasteiger partial charge on any atom is -0.397 e. The molecule has 1 fully saturated rings. The van der Waals surface area contributed by atoms with Gasteiger partial charge in [-0.3, -0.25) is 0 Å². The van der Waals surface area contributed by atoms with Gasteiger partial charge in [-0.2, -0.15) is 0 Å². The highest BCUT2D eigenvalue weighted by atomic mass is 16.5. The summed E-state index contributed by atoms with van der Waals surface area (Å²) in [7, 11) is 0. The zero-order valence-corrected chi connectivity index (χ0v) is 9.29. The molecule has 1 aliphatic heterocycles. The summed E-state index contributed by atoms with van der Waals surface area (Å²) in [4.78, 5) is 0. The second-order valence-corrected chi connectivity index (χ2v) is 4.21. The standard InChI is InChI=1S/C12H18N2O/c1-8-3-4-12(10(13)7-8)14-11-5-6-15-9(11)2/h3-4,7,9,11,14H,5-6,13H2,1-2H3. The number of ether oxygens (including phenoxy) is 1. The van der Waals surface area contributed by atoms with Crippen LogP contribution in [-0.4, -0.2) is 18.8 Å². The Balaban J connectivity index is 2.10. The maximum Gasteiger partial charge on any atom is 0.0748 e. The third-order valence-electron chi connectivity index (χ3n) is 2.92. The summed E-state index contributed by atoms with van der Waals surface area (Å²) in [5.41, 5.74) is 8.96. The van der Waals surface area contributed by atoms with E-state index in [1.165, 1.54) is 5.56 Å². The number of nitrogen functional groups attached to an aromatic ring is 1. The fraction of sp³-hybridized carbons (Fsp3) is 0.500. The lowest BCUT2D eigenvalue weighted by molar-refractivity contribution is 0.121. The second kappa shape index (κ2) is 4.11. The largest absolute Gasteiger partial charge is 0.397 e. The van der Waals surface area contributed by atoms with Crippen LogP contribution >= 0.6 is 0 Å². The molecule has 0 amide bonds. The molecule has 2 unspecified atom stereocenters. The van der Waals surface area contributed by atoms with Crippen LogP contribution in [0.25, 0.3) is 0 Å². The van der Waals surface area contributed by atoms with Gasteiger partial charge in [-0.25, -0.2) is 0 Å². The quantitative estimate of drug-likeness (QED) is 0.729. The lowest BCUT2D eigenvalue weighted by atomic mass is 10.1. The summed E-state index contributed by atoms with van der Waals surface area (Å²) >= 11 is 0. The molecule has 0 aromatic heterocycles. The maximum atomic E-state index is 5.94. The maximum absolute atomic E-state index is 5.94. The van der Waals surface area contributed by atoms with E-state index in [1.54, 1.807) is 0 Å². The van der Waals surface area contributed by atoms with Gasteiger partial charge in [-0.05, 0) is 38.0 Å². The lowest BCUT2D eigenvalue weighted by Gasteiger charge is -2.18. The van der Waals surface area contributed by atoms with Gasteiger partial charge < -0.3 is 15.8 Å². The number of hydrogen-bond acceptors (Lipinski definition) is 3. The van der Waals surface area contributed by atoms with E-state index in [1.807, 2.05) is 19.1 Å². The molecule has 1 aromatic rings. The van der Waals surface area contributed by atoms with Crippen LogP contribution < -0.4 is 11.1 Å². The summed E-state index contributed by atoms with van der Waals surface area (Å²) in [5, 5.41) is 3.44. The van der Waals surface area contributed by atoms with Gasteiger partial charge in [-0.15, -0.1) is 0 Å². The van der Waals surface area contributed by atoms with Crippen molar-refractivity contribution in [3.8, 4) is 0 Å². The number of nitrogens with two attached hydrogens (primary N) is 1. The van der Waals surface area contributed by atoms with Crippen molar-refractivity contribution in [3.63, 3.8) is 0 Å². The van der Waals surface area contributed by atoms with Crippen LogP contribution in [0.1, 0.15) is 18.9 Å². The number of nitrogens with one attached hydrogen (secondary N) is 1. The third-order valence-corrected chi connectivity index (χ3v) is 2.92. The van der Waals surface area contributed by atoms with Crippen LogP contribution in [0.15, 0.2) is 18.2 Å². The molecule has 2 atom stereocenters. The molecule has 3 nitrogen and oxygen atoms in total. The molecule has 0 aliphatic carbocycles. The van der Waals surface area contributed by atoms with E-state index in [2.05, 4.69) is 18.3 Å². The minimum absolute atomic E-state index is 0.269. The number of benzene rings is 1. The monoisotopic (exact) mass is 206 g/mol. The Kier molecular flexibility index (Phi) is 2.82. The number of anilines is 2. The first-order valence-electron chi connectivity index (χ1n) is 5.41. The van der Waals surface area contributed by atoms with E-state index in [0.717, 1.165) is 24.4 Å². The van der Waals surface area contributed by atoms with E-state index in [9.17, 15) is 0 Å². The summed E-state index contributed by atoms with van der Waals surface area (Å²) in [5.74, 6) is 0. The predicted octanol–water partition coefficient (Wildman–Crippen LogP) is 2.17. The topological polar surface area (TPSA) is 47.3 Å². The first-order valence-corrected chi connectivity index (χ1v) is 5.41. The van der Waals surface area contributed by atoms with Crippen molar-refractivity contribution in [3.05, 3.63) is 23.8 Å². The van der Waals surface area contributed by atoms with E-state index in [0.29, 0.717) is 6.04 Å². The van der Waals surface area contributed by atoms with Gasteiger partial charge in [-0.1, -0.05) is 6.07 Å². The summed E-state index contributed by atoms with van der Waals surface area (Å²) in [6.45, 7) is 4.97. The zero-order valence-electron chi connectivity index (χ0n) is 9.29. The lowest BCUT2D eigenvalue weighted by Crippen LogP contribution is -2.27. The van der Waals surface area contributed by atoms with E-state index in [4.69, 9.17) is 10.5 Å². The number of hydrogen-bond donors (Lipinski definition) is 2. The average Bonchev–Trinajstić information content (AvgIpc) is 2.57. The number of rotatable bonds is 2. The highest BCUT2D eigenvalue weighted by molar-refractivity contribution is 5.67. The molecular weight excluding hydrogens is 188 g/mol. The molecule has 3 N–H and O–H groups in total. The summed E-state index contributed by atoms with van der Waals surface area (Å²) in [6.07, 6.45) is 1.32. The van der Waals surface area contributed by atoms with Crippen molar-refractivity contribution < 1.29 is 4.74 Å². The second-order valence-electron chi connectivity index (χ2n) is 4.21. The Hall–Kier alpha value is -1.22. The third kappa shape index (κ3) is 2.23. The van der Waals surface area contributed by atoms with Crippen molar-refractivity contribution in [1.82, 2.24) is 0 Å². The Labute approximate surface area is 90.6 Å². The Morgan fingerprint density at radius 2 is 2.27 bits per heavy atom. The van der Waals surface area contributed by atoms with Crippen LogP contribution in [0, 0.1) is 6.92 Å². The van der Waals surface area contributed by atoms with Crippen LogP contribution in [0.4, 0.5) is 11.4 Å². The molecule has 1 heterocycles. The van der Waals surface area contributed by atoms with Gasteiger partial charge in [0.25, 0.3) is 0 Å². The van der Waals surface area contributed by atoms with Gasteiger partial charge in [0.2, 0.25) is 0 Å². The van der Waals surface area contributed by atoms with Crippen molar-refractivity contribution in [2.45, 2.75) is 32.4 Å².